The zero-order chi connectivity index (χ0) is 17.3. The minimum absolute atomic E-state index is 0.200. The molecule has 136 valence electrons. The number of amides is 1. The molecule has 0 aromatic rings. The van der Waals surface area contributed by atoms with Gasteiger partial charge in [0.05, 0.1) is 13.2 Å². The first kappa shape index (κ1) is 20.2. The van der Waals surface area contributed by atoms with E-state index < -0.39 is 5.60 Å². The molecule has 2 unspecified atom stereocenters. The van der Waals surface area contributed by atoms with Crippen molar-refractivity contribution in [2.24, 2.45) is 0 Å². The fourth-order valence-corrected chi connectivity index (χ4v) is 2.66. The number of hydrogen-bond donors (Lipinski definition) is 2. The smallest absolute Gasteiger partial charge is 0.407 e. The monoisotopic (exact) mass is 329 g/mol. The molecular formula is C17H35N3O3. The number of likely N-dealkylation sites (N-methyl/N-ethyl adjacent to an activating group) is 1. The van der Waals surface area contributed by atoms with E-state index in [4.69, 9.17) is 9.47 Å². The minimum atomic E-state index is -0.444. The Balaban J connectivity index is 2.15. The van der Waals surface area contributed by atoms with Crippen LogP contribution in [0, 0.1) is 0 Å². The van der Waals surface area contributed by atoms with Crippen LogP contribution < -0.4 is 10.6 Å². The number of nitrogens with zero attached hydrogens (tertiary/aromatic N) is 1. The number of hydrogen-bond acceptors (Lipinski definition) is 5. The second kappa shape index (κ2) is 10.1. The number of ether oxygens (including phenoxy) is 2. The summed E-state index contributed by atoms with van der Waals surface area (Å²) in [6.07, 6.45) is 3.95. The highest BCUT2D eigenvalue weighted by Crippen LogP contribution is 2.19. The molecule has 0 aromatic heterocycles. The fourth-order valence-electron chi connectivity index (χ4n) is 2.66. The molecule has 1 aliphatic carbocycles. The van der Waals surface area contributed by atoms with Gasteiger partial charge >= 0.3 is 6.09 Å². The van der Waals surface area contributed by atoms with Crippen molar-refractivity contribution in [2.45, 2.75) is 64.1 Å². The van der Waals surface area contributed by atoms with Gasteiger partial charge in [0.1, 0.15) is 5.60 Å². The third-order valence-electron chi connectivity index (χ3n) is 3.76. The van der Waals surface area contributed by atoms with Crippen molar-refractivity contribution in [3.05, 3.63) is 0 Å². The average molecular weight is 329 g/mol. The van der Waals surface area contributed by atoms with E-state index in [9.17, 15) is 4.79 Å². The van der Waals surface area contributed by atoms with Crippen molar-refractivity contribution >= 4 is 6.09 Å². The van der Waals surface area contributed by atoms with Gasteiger partial charge in [-0.05, 0) is 60.5 Å². The molecule has 0 saturated heterocycles. The van der Waals surface area contributed by atoms with E-state index in [1.54, 1.807) is 0 Å². The first-order valence-electron chi connectivity index (χ1n) is 8.71. The standard InChI is InChI=1S/C17H35N3O3/c1-17(2,3)23-16(21)19-15-8-6-7-14(13-15)18-9-11-22-12-10-20(4)5/h14-15,18H,6-13H2,1-5H3,(H,19,21). The van der Waals surface area contributed by atoms with Crippen molar-refractivity contribution in [2.75, 3.05) is 40.4 Å². The van der Waals surface area contributed by atoms with Crippen molar-refractivity contribution < 1.29 is 14.3 Å². The summed E-state index contributed by atoms with van der Waals surface area (Å²) in [5.74, 6) is 0. The maximum atomic E-state index is 11.8. The highest BCUT2D eigenvalue weighted by atomic mass is 16.6. The number of nitrogens with one attached hydrogen (secondary N) is 2. The Morgan fingerprint density at radius 2 is 1.87 bits per heavy atom. The van der Waals surface area contributed by atoms with Gasteiger partial charge in [-0.2, -0.15) is 0 Å². The molecule has 1 amide bonds. The number of alkyl carbamates (subject to hydrolysis) is 1. The van der Waals surface area contributed by atoms with Gasteiger partial charge in [0.15, 0.2) is 0 Å². The molecule has 2 N–H and O–H groups in total. The predicted molar refractivity (Wildman–Crippen MR) is 92.8 cm³/mol. The molecule has 2 atom stereocenters. The van der Waals surface area contributed by atoms with Crippen molar-refractivity contribution in [1.29, 1.82) is 0 Å². The summed E-state index contributed by atoms with van der Waals surface area (Å²) in [6, 6.07) is 0.645. The molecule has 0 spiro atoms. The molecule has 1 fully saturated rings. The van der Waals surface area contributed by atoms with Gasteiger partial charge in [-0.1, -0.05) is 0 Å². The largest absolute Gasteiger partial charge is 0.444 e. The van der Waals surface area contributed by atoms with Crippen molar-refractivity contribution in [3.63, 3.8) is 0 Å². The third kappa shape index (κ3) is 10.5. The van der Waals surface area contributed by atoms with E-state index in [-0.39, 0.29) is 12.1 Å². The van der Waals surface area contributed by atoms with Gasteiger partial charge in [0.25, 0.3) is 0 Å². The maximum Gasteiger partial charge on any atom is 0.407 e. The van der Waals surface area contributed by atoms with Crippen LogP contribution in [0.2, 0.25) is 0 Å². The number of carbonyl (C=O) groups excluding carboxylic acids is 1. The van der Waals surface area contributed by atoms with Crippen LogP contribution in [-0.4, -0.2) is 69.1 Å². The van der Waals surface area contributed by atoms with Gasteiger partial charge < -0.3 is 25.0 Å². The van der Waals surface area contributed by atoms with Crippen LogP contribution in [0.25, 0.3) is 0 Å². The van der Waals surface area contributed by atoms with Crippen LogP contribution in [0.3, 0.4) is 0 Å². The van der Waals surface area contributed by atoms with Gasteiger partial charge in [-0.25, -0.2) is 4.79 Å². The molecule has 1 rings (SSSR count). The Labute approximate surface area is 141 Å². The highest BCUT2D eigenvalue weighted by molar-refractivity contribution is 5.68. The summed E-state index contributed by atoms with van der Waals surface area (Å²) in [6.45, 7) is 8.95. The Bertz CT molecular complexity index is 342. The van der Waals surface area contributed by atoms with Crippen molar-refractivity contribution in [3.8, 4) is 0 Å². The van der Waals surface area contributed by atoms with Gasteiger partial charge in [0.2, 0.25) is 0 Å². The van der Waals surface area contributed by atoms with E-state index in [0.29, 0.717) is 6.04 Å². The first-order chi connectivity index (χ1) is 10.8. The average Bonchev–Trinajstić information content (AvgIpc) is 2.40. The Morgan fingerprint density at radius 3 is 2.52 bits per heavy atom. The maximum absolute atomic E-state index is 11.8. The topological polar surface area (TPSA) is 62.8 Å². The summed E-state index contributed by atoms with van der Waals surface area (Å²) >= 11 is 0. The molecule has 0 aromatic carbocycles. The van der Waals surface area contributed by atoms with Crippen LogP contribution in [0.5, 0.6) is 0 Å². The lowest BCUT2D eigenvalue weighted by atomic mass is 9.91. The second-order valence-corrected chi connectivity index (χ2v) is 7.58. The molecule has 0 radical (unpaired) electrons. The summed E-state index contributed by atoms with van der Waals surface area (Å²) in [5.41, 5.74) is -0.444. The molecule has 1 saturated carbocycles. The van der Waals surface area contributed by atoms with Crippen LogP contribution in [0.15, 0.2) is 0 Å². The van der Waals surface area contributed by atoms with E-state index in [2.05, 4.69) is 15.5 Å². The SMILES string of the molecule is CN(C)CCOCCNC1CCCC(NC(=O)OC(C)(C)C)C1. The van der Waals surface area contributed by atoms with E-state index in [1.807, 2.05) is 34.9 Å². The Morgan fingerprint density at radius 1 is 1.17 bits per heavy atom. The summed E-state index contributed by atoms with van der Waals surface area (Å²) in [7, 11) is 4.09. The quantitative estimate of drug-likeness (QED) is 0.667. The summed E-state index contributed by atoms with van der Waals surface area (Å²) in [4.78, 5) is 14.0. The summed E-state index contributed by atoms with van der Waals surface area (Å²) in [5, 5.41) is 6.52. The van der Waals surface area contributed by atoms with Gasteiger partial charge in [-0.15, -0.1) is 0 Å². The number of carbonyl (C=O) groups is 1. The number of rotatable bonds is 8. The molecule has 6 heteroatoms. The molecule has 0 bridgehead atoms. The van der Waals surface area contributed by atoms with Crippen molar-refractivity contribution in [1.82, 2.24) is 15.5 Å². The van der Waals surface area contributed by atoms with E-state index >= 15 is 0 Å². The molecule has 0 aliphatic heterocycles. The molecule has 23 heavy (non-hydrogen) atoms. The lowest BCUT2D eigenvalue weighted by Gasteiger charge is -2.31. The zero-order valence-electron chi connectivity index (χ0n) is 15.5. The lowest BCUT2D eigenvalue weighted by molar-refractivity contribution is 0.0487. The normalized spacial score (nSPS) is 22.2. The second-order valence-electron chi connectivity index (χ2n) is 7.58. The Kier molecular flexibility index (Phi) is 8.87. The van der Waals surface area contributed by atoms with Gasteiger partial charge in [-0.3, -0.25) is 0 Å². The fraction of sp³-hybridized carbons (Fsp3) is 0.941. The van der Waals surface area contributed by atoms with Crippen LogP contribution in [0.4, 0.5) is 4.79 Å². The highest BCUT2D eigenvalue weighted by Gasteiger charge is 2.25. The first-order valence-corrected chi connectivity index (χ1v) is 8.71. The van der Waals surface area contributed by atoms with Crippen LogP contribution in [0.1, 0.15) is 46.5 Å². The predicted octanol–water partition coefficient (Wildman–Crippen LogP) is 1.99. The minimum Gasteiger partial charge on any atom is -0.444 e. The molecule has 1 aliphatic rings. The van der Waals surface area contributed by atoms with Crippen LogP contribution in [-0.2, 0) is 9.47 Å². The zero-order valence-corrected chi connectivity index (χ0v) is 15.5. The van der Waals surface area contributed by atoms with E-state index in [0.717, 1.165) is 52.0 Å². The Hall–Kier alpha value is -0.850. The van der Waals surface area contributed by atoms with E-state index in [1.165, 1.54) is 0 Å². The molecule has 0 heterocycles. The van der Waals surface area contributed by atoms with Gasteiger partial charge in [0, 0.05) is 25.2 Å². The summed E-state index contributed by atoms with van der Waals surface area (Å²) < 4.78 is 10.9. The lowest BCUT2D eigenvalue weighted by Crippen LogP contribution is -2.46. The third-order valence-corrected chi connectivity index (χ3v) is 3.76. The van der Waals surface area contributed by atoms with Crippen LogP contribution >= 0.6 is 0 Å². The molecular weight excluding hydrogens is 294 g/mol. The molecule has 6 nitrogen and oxygen atoms in total.